The standard InChI is InChI=1S/C68H123N2O7P/c1-7-10-13-16-19-22-25-28-30-32-33-34-35-36-37-39-40-42-45-48-51-54-57-60-67(71)69-65(64-76-78(73,74)75-63-62-70(4,5)6)66(59-56-53-50-47-44-27-24-21-18-15-12-9-3)77-68(72)61-58-55-52-49-46-43-41-38-31-29-26-23-20-17-14-11-8-2/h19-20,22-23,28-31,33-34,41,43,56,59,65-66H,7-18,21,24-27,32,35-40,42,44-55,57-58,60-64H2,1-6H3,(H-,69,71,73,74)/p+1/b22-19-,23-20-,30-28-,31-29-,34-33-,43-41-,59-56-. The molecule has 3 unspecified atom stereocenters. The minimum absolute atomic E-state index is 0.0325. The van der Waals surface area contributed by atoms with E-state index in [0.29, 0.717) is 23.9 Å². The molecule has 0 aromatic carbocycles. The molecule has 0 bridgehead atoms. The summed E-state index contributed by atoms with van der Waals surface area (Å²) in [5.74, 6) is -0.533. The number of nitrogens with zero attached hydrogens (tertiary/aromatic N) is 1. The van der Waals surface area contributed by atoms with Crippen molar-refractivity contribution in [3.8, 4) is 0 Å². The van der Waals surface area contributed by atoms with Gasteiger partial charge in [0.2, 0.25) is 5.91 Å². The number of ether oxygens (including phenoxy) is 1. The number of quaternary nitrogens is 1. The maximum absolute atomic E-state index is 13.6. The molecule has 0 spiro atoms. The van der Waals surface area contributed by atoms with Crippen LogP contribution in [0, 0.1) is 0 Å². The first-order valence-corrected chi connectivity index (χ1v) is 33.9. The highest BCUT2D eigenvalue weighted by molar-refractivity contribution is 7.47. The number of amides is 1. The van der Waals surface area contributed by atoms with E-state index in [1.54, 1.807) is 0 Å². The van der Waals surface area contributed by atoms with Crippen molar-refractivity contribution in [2.75, 3.05) is 40.9 Å². The number of rotatable bonds is 58. The van der Waals surface area contributed by atoms with Crippen molar-refractivity contribution in [3.63, 3.8) is 0 Å². The van der Waals surface area contributed by atoms with E-state index in [-0.39, 0.29) is 31.5 Å². The fraction of sp³-hybridized carbons (Fsp3) is 0.765. The van der Waals surface area contributed by atoms with Gasteiger partial charge in [-0.15, -0.1) is 0 Å². The van der Waals surface area contributed by atoms with Crippen molar-refractivity contribution >= 4 is 19.7 Å². The van der Waals surface area contributed by atoms with Gasteiger partial charge in [0, 0.05) is 12.8 Å². The van der Waals surface area contributed by atoms with E-state index in [9.17, 15) is 19.0 Å². The lowest BCUT2D eigenvalue weighted by Crippen LogP contribution is -2.47. The van der Waals surface area contributed by atoms with Crippen LogP contribution in [0.1, 0.15) is 284 Å². The first-order chi connectivity index (χ1) is 37.9. The third-order valence-electron chi connectivity index (χ3n) is 14.1. The van der Waals surface area contributed by atoms with Crippen LogP contribution in [0.5, 0.6) is 0 Å². The summed E-state index contributed by atoms with van der Waals surface area (Å²) in [5, 5.41) is 3.05. The summed E-state index contributed by atoms with van der Waals surface area (Å²) >= 11 is 0. The molecule has 10 heteroatoms. The minimum atomic E-state index is -4.46. The van der Waals surface area contributed by atoms with E-state index in [1.165, 1.54) is 141 Å². The Hall–Kier alpha value is -2.81. The second-order valence-electron chi connectivity index (χ2n) is 22.9. The van der Waals surface area contributed by atoms with Crippen LogP contribution in [0.2, 0.25) is 0 Å². The molecule has 3 atom stereocenters. The van der Waals surface area contributed by atoms with Crippen LogP contribution in [-0.4, -0.2) is 74.3 Å². The van der Waals surface area contributed by atoms with Gasteiger partial charge in [-0.05, 0) is 109 Å². The maximum atomic E-state index is 13.6. The number of carbonyl (C=O) groups is 2. The Kier molecular flexibility index (Phi) is 55.4. The Labute approximate surface area is 482 Å². The number of nitrogens with one attached hydrogen (secondary N) is 1. The molecule has 0 aliphatic carbocycles. The van der Waals surface area contributed by atoms with E-state index in [1.807, 2.05) is 33.3 Å². The number of phosphoric ester groups is 1. The summed E-state index contributed by atoms with van der Waals surface area (Å²) in [5.41, 5.74) is 0. The molecule has 0 saturated heterocycles. The third kappa shape index (κ3) is 57.9. The molecular weight excluding hydrogens is 988 g/mol. The van der Waals surface area contributed by atoms with Crippen LogP contribution in [0.3, 0.4) is 0 Å². The predicted octanol–water partition coefficient (Wildman–Crippen LogP) is 20.2. The normalized spacial score (nSPS) is 14.2. The van der Waals surface area contributed by atoms with Gasteiger partial charge in [-0.2, -0.15) is 0 Å². The van der Waals surface area contributed by atoms with Crippen molar-refractivity contribution in [2.24, 2.45) is 0 Å². The molecule has 0 aliphatic heterocycles. The fourth-order valence-electron chi connectivity index (χ4n) is 9.01. The SMILES string of the molecule is CCCCC/C=C\C/C=C\C/C=C\CCCCCCCCCCCCC(=O)NC(COP(=O)(O)OCC[N+](C)(C)C)C(/C=C\CCCCCCCCCCCC)OC(=O)CCCCCC/C=C\C/C=C\C/C=C\CCCCC. The van der Waals surface area contributed by atoms with Gasteiger partial charge < -0.3 is 19.4 Å². The lowest BCUT2D eigenvalue weighted by Gasteiger charge is -2.27. The van der Waals surface area contributed by atoms with Gasteiger partial charge >= 0.3 is 13.8 Å². The highest BCUT2D eigenvalue weighted by atomic mass is 31.2. The van der Waals surface area contributed by atoms with Gasteiger partial charge in [0.1, 0.15) is 19.3 Å². The molecule has 2 N–H and O–H groups in total. The summed E-state index contributed by atoms with van der Waals surface area (Å²) in [6, 6.07) is -0.864. The molecule has 0 aliphatic rings. The van der Waals surface area contributed by atoms with Gasteiger partial charge in [0.15, 0.2) is 0 Å². The molecule has 0 aromatic rings. The van der Waals surface area contributed by atoms with Gasteiger partial charge in [-0.1, -0.05) is 247 Å². The minimum Gasteiger partial charge on any atom is -0.456 e. The largest absolute Gasteiger partial charge is 0.472 e. The summed E-state index contributed by atoms with van der Waals surface area (Å²) in [7, 11) is 1.47. The number of carbonyl (C=O) groups excluding carboxylic acids is 2. The Morgan fingerprint density at radius 3 is 1.19 bits per heavy atom. The number of likely N-dealkylation sites (N-methyl/N-ethyl adjacent to an activating group) is 1. The van der Waals surface area contributed by atoms with Gasteiger partial charge in [0.05, 0.1) is 33.8 Å². The zero-order chi connectivity index (χ0) is 57.2. The zero-order valence-corrected chi connectivity index (χ0v) is 52.5. The quantitative estimate of drug-likeness (QED) is 0.0205. The molecule has 0 aromatic heterocycles. The van der Waals surface area contributed by atoms with Gasteiger partial charge in [-0.3, -0.25) is 18.6 Å². The summed E-state index contributed by atoms with van der Waals surface area (Å²) in [6.45, 7) is 6.95. The topological polar surface area (TPSA) is 111 Å². The molecule has 452 valence electrons. The molecule has 78 heavy (non-hydrogen) atoms. The Morgan fingerprint density at radius 2 is 0.782 bits per heavy atom. The van der Waals surface area contributed by atoms with Gasteiger partial charge in [-0.25, -0.2) is 4.57 Å². The monoisotopic (exact) mass is 1110 g/mol. The molecule has 9 nitrogen and oxygen atoms in total. The van der Waals surface area contributed by atoms with Crippen molar-refractivity contribution in [3.05, 3.63) is 85.1 Å². The smallest absolute Gasteiger partial charge is 0.456 e. The second-order valence-corrected chi connectivity index (χ2v) is 24.4. The average molecular weight is 1110 g/mol. The van der Waals surface area contributed by atoms with E-state index in [4.69, 9.17) is 13.8 Å². The molecule has 0 fully saturated rings. The number of esters is 1. The first kappa shape index (κ1) is 75.2. The van der Waals surface area contributed by atoms with E-state index < -0.39 is 20.0 Å². The molecule has 0 saturated carbocycles. The number of allylic oxidation sites excluding steroid dienone is 13. The van der Waals surface area contributed by atoms with Crippen LogP contribution < -0.4 is 5.32 Å². The van der Waals surface area contributed by atoms with Crippen LogP contribution in [0.25, 0.3) is 0 Å². The Balaban J connectivity index is 5.22. The van der Waals surface area contributed by atoms with Crippen LogP contribution >= 0.6 is 7.82 Å². The Bertz CT molecular complexity index is 1610. The number of hydrogen-bond donors (Lipinski definition) is 2. The zero-order valence-electron chi connectivity index (χ0n) is 51.6. The number of unbranched alkanes of at least 4 members (excludes halogenated alkanes) is 30. The molecule has 0 rings (SSSR count). The van der Waals surface area contributed by atoms with E-state index in [0.717, 1.165) is 103 Å². The van der Waals surface area contributed by atoms with Crippen molar-refractivity contribution in [1.82, 2.24) is 5.32 Å². The summed E-state index contributed by atoms with van der Waals surface area (Å²) in [4.78, 5) is 37.8. The molecule has 0 heterocycles. The maximum Gasteiger partial charge on any atom is 0.472 e. The number of hydrogen-bond acceptors (Lipinski definition) is 6. The van der Waals surface area contributed by atoms with Crippen molar-refractivity contribution in [1.29, 1.82) is 0 Å². The van der Waals surface area contributed by atoms with E-state index in [2.05, 4.69) is 99.0 Å². The first-order valence-electron chi connectivity index (χ1n) is 32.4. The molecular formula is C68H124N2O7P+. The highest BCUT2D eigenvalue weighted by Gasteiger charge is 2.30. The van der Waals surface area contributed by atoms with Crippen LogP contribution in [0.15, 0.2) is 85.1 Å². The summed E-state index contributed by atoms with van der Waals surface area (Å²) < 4.78 is 30.7. The Morgan fingerprint density at radius 1 is 0.449 bits per heavy atom. The van der Waals surface area contributed by atoms with Crippen molar-refractivity contribution in [2.45, 2.75) is 296 Å². The molecule has 0 radical (unpaired) electrons. The van der Waals surface area contributed by atoms with Gasteiger partial charge in [0.25, 0.3) is 0 Å². The highest BCUT2D eigenvalue weighted by Crippen LogP contribution is 2.43. The number of phosphoric acid groups is 1. The van der Waals surface area contributed by atoms with Crippen LogP contribution in [0.4, 0.5) is 0 Å². The predicted molar refractivity (Wildman–Crippen MR) is 337 cm³/mol. The van der Waals surface area contributed by atoms with Crippen LogP contribution in [-0.2, 0) is 27.9 Å². The second kappa shape index (κ2) is 57.4. The van der Waals surface area contributed by atoms with Crippen molar-refractivity contribution < 1.29 is 37.3 Å². The fourth-order valence-corrected chi connectivity index (χ4v) is 9.75. The van der Waals surface area contributed by atoms with E-state index >= 15 is 0 Å². The lowest BCUT2D eigenvalue weighted by molar-refractivity contribution is -0.870. The molecule has 1 amide bonds. The summed E-state index contributed by atoms with van der Waals surface area (Å²) in [6.07, 6.45) is 75.8. The lowest BCUT2D eigenvalue weighted by atomic mass is 10.0. The average Bonchev–Trinajstić information content (AvgIpc) is 3.40. The third-order valence-corrected chi connectivity index (χ3v) is 15.0.